The van der Waals surface area contributed by atoms with Crippen molar-refractivity contribution in [3.05, 3.63) is 42.6 Å². The van der Waals surface area contributed by atoms with Gasteiger partial charge in [0.15, 0.2) is 0 Å². The molecule has 0 aliphatic rings. The molecule has 0 bridgehead atoms. The van der Waals surface area contributed by atoms with Crippen LogP contribution in [0.1, 0.15) is 13.3 Å². The fourth-order valence-corrected chi connectivity index (χ4v) is 2.63. The van der Waals surface area contributed by atoms with E-state index >= 15 is 0 Å². The summed E-state index contributed by atoms with van der Waals surface area (Å²) in [7, 11) is -2.22. The van der Waals surface area contributed by atoms with Crippen molar-refractivity contribution < 1.29 is 8.85 Å². The zero-order valence-corrected chi connectivity index (χ0v) is 10.4. The lowest BCUT2D eigenvalue weighted by Gasteiger charge is -2.24. The van der Waals surface area contributed by atoms with Crippen LogP contribution in [0.4, 0.5) is 0 Å². The van der Waals surface area contributed by atoms with Gasteiger partial charge in [0.25, 0.3) is 0 Å². The van der Waals surface area contributed by atoms with Crippen molar-refractivity contribution in [1.29, 1.82) is 0 Å². The van der Waals surface area contributed by atoms with Gasteiger partial charge >= 0.3 is 8.56 Å². The molecule has 0 saturated carbocycles. The van der Waals surface area contributed by atoms with Gasteiger partial charge in [-0.2, -0.15) is 0 Å². The summed E-state index contributed by atoms with van der Waals surface area (Å²) in [4.78, 5) is 0. The van der Waals surface area contributed by atoms with Crippen molar-refractivity contribution in [2.45, 2.75) is 19.9 Å². The molecule has 0 spiro atoms. The maximum atomic E-state index is 5.85. The Balaban J connectivity index is 2.63. The highest BCUT2D eigenvalue weighted by molar-refractivity contribution is 6.71. The van der Waals surface area contributed by atoms with Crippen molar-refractivity contribution >= 4 is 8.56 Å². The lowest BCUT2D eigenvalue weighted by Crippen LogP contribution is -2.40. The number of hydrogen-bond donors (Lipinski definition) is 0. The van der Waals surface area contributed by atoms with Crippen LogP contribution in [0.3, 0.4) is 0 Å². The molecular weight excluding hydrogens is 204 g/mol. The van der Waals surface area contributed by atoms with Gasteiger partial charge in [-0.15, -0.1) is 6.58 Å². The topological polar surface area (TPSA) is 18.5 Å². The lowest BCUT2D eigenvalue weighted by atomic mass is 10.3. The van der Waals surface area contributed by atoms with Crippen molar-refractivity contribution in [3.63, 3.8) is 0 Å². The van der Waals surface area contributed by atoms with Crippen LogP contribution < -0.4 is 4.43 Å². The molecule has 0 aromatic heterocycles. The molecule has 0 saturated heterocycles. The molecule has 1 atom stereocenters. The van der Waals surface area contributed by atoms with Gasteiger partial charge in [-0.05, 0) is 30.8 Å². The van der Waals surface area contributed by atoms with Crippen LogP contribution in [0.5, 0.6) is 5.75 Å². The van der Waals surface area contributed by atoms with E-state index in [4.69, 9.17) is 8.85 Å². The molecule has 1 aromatic rings. The summed E-state index contributed by atoms with van der Waals surface area (Å²) in [5, 5.41) is 0. The highest BCUT2D eigenvalue weighted by atomic mass is 28.4. The van der Waals surface area contributed by atoms with E-state index < -0.39 is 8.56 Å². The SMILES string of the molecule is C=C[Si](C)(OCCC)Oc1ccccc1. The molecule has 0 radical (unpaired) electrons. The van der Waals surface area contributed by atoms with Crippen LogP contribution in [0.15, 0.2) is 42.6 Å². The summed E-state index contributed by atoms with van der Waals surface area (Å²) in [5.41, 5.74) is 1.82. The third kappa shape index (κ3) is 3.89. The summed E-state index contributed by atoms with van der Waals surface area (Å²) in [6.07, 6.45) is 0.995. The Morgan fingerprint density at radius 2 is 2.00 bits per heavy atom. The molecule has 0 aliphatic carbocycles. The third-order valence-corrected chi connectivity index (χ3v) is 4.19. The van der Waals surface area contributed by atoms with Crippen LogP contribution >= 0.6 is 0 Å². The first-order valence-corrected chi connectivity index (χ1v) is 7.61. The standard InChI is InChI=1S/C12H18O2Si/c1-4-11-13-15(3,5-2)14-12-9-7-6-8-10-12/h5-10H,2,4,11H2,1,3H3. The highest BCUT2D eigenvalue weighted by Crippen LogP contribution is 2.16. The van der Waals surface area contributed by atoms with Crippen molar-refractivity contribution in [3.8, 4) is 5.75 Å². The molecule has 0 aliphatic heterocycles. The summed E-state index contributed by atoms with van der Waals surface area (Å²) in [6.45, 7) is 8.60. The van der Waals surface area contributed by atoms with E-state index in [1.54, 1.807) is 0 Å². The van der Waals surface area contributed by atoms with Gasteiger partial charge in [0, 0.05) is 6.61 Å². The second-order valence-corrected chi connectivity index (χ2v) is 6.42. The van der Waals surface area contributed by atoms with Crippen molar-refractivity contribution in [1.82, 2.24) is 0 Å². The molecule has 1 aromatic carbocycles. The number of rotatable bonds is 6. The van der Waals surface area contributed by atoms with Crippen LogP contribution in [-0.4, -0.2) is 15.2 Å². The molecule has 1 unspecified atom stereocenters. The quantitative estimate of drug-likeness (QED) is 0.688. The zero-order chi connectivity index (χ0) is 11.1. The summed E-state index contributed by atoms with van der Waals surface area (Å²) in [5.74, 6) is 0.850. The first-order chi connectivity index (χ1) is 7.20. The number of benzene rings is 1. The summed E-state index contributed by atoms with van der Waals surface area (Å²) >= 11 is 0. The Bertz CT molecular complexity index is 300. The van der Waals surface area contributed by atoms with Crippen molar-refractivity contribution in [2.24, 2.45) is 0 Å². The van der Waals surface area contributed by atoms with E-state index in [0.717, 1.165) is 18.8 Å². The maximum Gasteiger partial charge on any atom is 0.422 e. The van der Waals surface area contributed by atoms with E-state index in [0.29, 0.717) is 0 Å². The smallest absolute Gasteiger partial charge is 0.422 e. The highest BCUT2D eigenvalue weighted by Gasteiger charge is 2.29. The Kier molecular flexibility index (Phi) is 4.59. The summed E-state index contributed by atoms with van der Waals surface area (Å²) < 4.78 is 11.6. The number of para-hydroxylation sites is 1. The first kappa shape index (κ1) is 12.0. The zero-order valence-electron chi connectivity index (χ0n) is 9.40. The third-order valence-electron chi connectivity index (χ3n) is 2.03. The fourth-order valence-electron chi connectivity index (χ4n) is 1.16. The van der Waals surface area contributed by atoms with Crippen molar-refractivity contribution in [2.75, 3.05) is 6.61 Å². The maximum absolute atomic E-state index is 5.85. The monoisotopic (exact) mass is 222 g/mol. The minimum absolute atomic E-state index is 0.724. The largest absolute Gasteiger partial charge is 0.518 e. The molecule has 3 heteroatoms. The van der Waals surface area contributed by atoms with Gasteiger partial charge in [-0.1, -0.05) is 25.1 Å². The van der Waals surface area contributed by atoms with Crippen LogP contribution in [0, 0.1) is 0 Å². The van der Waals surface area contributed by atoms with Crippen LogP contribution in [0.2, 0.25) is 6.55 Å². The van der Waals surface area contributed by atoms with E-state index in [2.05, 4.69) is 13.5 Å². The molecule has 0 N–H and O–H groups in total. The van der Waals surface area contributed by atoms with E-state index in [1.807, 2.05) is 42.6 Å². The first-order valence-electron chi connectivity index (χ1n) is 5.22. The van der Waals surface area contributed by atoms with Crippen LogP contribution in [-0.2, 0) is 4.43 Å². The average molecular weight is 222 g/mol. The predicted octanol–water partition coefficient (Wildman–Crippen LogP) is 3.29. The molecule has 0 heterocycles. The average Bonchev–Trinajstić information content (AvgIpc) is 2.28. The lowest BCUT2D eigenvalue weighted by molar-refractivity contribution is 0.253. The Hall–Kier alpha value is -1.06. The second-order valence-electron chi connectivity index (χ2n) is 3.48. The molecular formula is C12H18O2Si. The fraction of sp³-hybridized carbons (Fsp3) is 0.333. The molecule has 82 valence electrons. The molecule has 0 fully saturated rings. The molecule has 0 amide bonds. The van der Waals surface area contributed by atoms with Gasteiger partial charge < -0.3 is 8.85 Å². The molecule has 2 nitrogen and oxygen atoms in total. The van der Waals surface area contributed by atoms with Gasteiger partial charge in [0.1, 0.15) is 5.75 Å². The Morgan fingerprint density at radius 3 is 2.53 bits per heavy atom. The van der Waals surface area contributed by atoms with E-state index in [-0.39, 0.29) is 0 Å². The second kappa shape index (κ2) is 5.73. The minimum Gasteiger partial charge on any atom is -0.518 e. The Morgan fingerprint density at radius 1 is 1.33 bits per heavy atom. The van der Waals surface area contributed by atoms with Gasteiger partial charge in [0.05, 0.1) is 0 Å². The van der Waals surface area contributed by atoms with Gasteiger partial charge in [-0.25, -0.2) is 0 Å². The normalized spacial score (nSPS) is 14.3. The molecule has 15 heavy (non-hydrogen) atoms. The van der Waals surface area contributed by atoms with Gasteiger partial charge in [0.2, 0.25) is 0 Å². The van der Waals surface area contributed by atoms with E-state index in [1.165, 1.54) is 0 Å². The minimum atomic E-state index is -2.22. The predicted molar refractivity (Wildman–Crippen MR) is 65.1 cm³/mol. The number of hydrogen-bond acceptors (Lipinski definition) is 2. The van der Waals surface area contributed by atoms with E-state index in [9.17, 15) is 0 Å². The van der Waals surface area contributed by atoms with Gasteiger partial charge in [-0.3, -0.25) is 0 Å². The van der Waals surface area contributed by atoms with Crippen LogP contribution in [0.25, 0.3) is 0 Å². The molecule has 1 rings (SSSR count). The Labute approximate surface area is 92.8 Å². The summed E-state index contributed by atoms with van der Waals surface area (Å²) in [6, 6.07) is 9.74.